The molecule has 2 fully saturated rings. The largest absolute Gasteiger partial charge is 0.387 e. The molecular formula is C17H25NO2. The van der Waals surface area contributed by atoms with Crippen LogP contribution >= 0.6 is 0 Å². The molecule has 0 radical (unpaired) electrons. The number of hydrogen-bond acceptors (Lipinski definition) is 3. The van der Waals surface area contributed by atoms with Crippen LogP contribution in [-0.4, -0.2) is 41.8 Å². The van der Waals surface area contributed by atoms with Gasteiger partial charge in [-0.3, -0.25) is 4.90 Å². The number of morpholine rings is 1. The third-order valence-corrected chi connectivity index (χ3v) is 4.79. The van der Waals surface area contributed by atoms with E-state index in [1.807, 2.05) is 0 Å². The fraction of sp³-hybridized carbons (Fsp3) is 0.647. The molecule has 1 aromatic carbocycles. The van der Waals surface area contributed by atoms with Crippen LogP contribution in [0.3, 0.4) is 0 Å². The van der Waals surface area contributed by atoms with Gasteiger partial charge in [-0.1, -0.05) is 23.8 Å². The van der Waals surface area contributed by atoms with E-state index < -0.39 is 6.10 Å². The van der Waals surface area contributed by atoms with Gasteiger partial charge in [0.15, 0.2) is 0 Å². The van der Waals surface area contributed by atoms with E-state index in [2.05, 4.69) is 36.9 Å². The van der Waals surface area contributed by atoms with Crippen LogP contribution in [0.25, 0.3) is 0 Å². The van der Waals surface area contributed by atoms with Gasteiger partial charge in [0.1, 0.15) is 0 Å². The normalized spacial score (nSPS) is 28.4. The van der Waals surface area contributed by atoms with Crippen molar-refractivity contribution >= 4 is 0 Å². The molecule has 0 aromatic heterocycles. The molecule has 1 N–H and O–H groups in total. The molecule has 0 bridgehead atoms. The second kappa shape index (κ2) is 5.84. The minimum absolute atomic E-state index is 0.394. The van der Waals surface area contributed by atoms with Gasteiger partial charge in [0.2, 0.25) is 0 Å². The summed E-state index contributed by atoms with van der Waals surface area (Å²) in [5, 5.41) is 10.6. The molecule has 1 aliphatic heterocycles. The van der Waals surface area contributed by atoms with Crippen LogP contribution in [0.1, 0.15) is 42.1 Å². The summed E-state index contributed by atoms with van der Waals surface area (Å²) in [4.78, 5) is 2.44. The Kier molecular flexibility index (Phi) is 4.11. The van der Waals surface area contributed by atoms with E-state index in [4.69, 9.17) is 4.74 Å². The number of ether oxygens (including phenoxy) is 1. The maximum atomic E-state index is 10.6. The molecule has 3 unspecified atom stereocenters. The van der Waals surface area contributed by atoms with Crippen molar-refractivity contribution in [2.45, 2.75) is 51.4 Å². The number of nitrogens with zero attached hydrogens (tertiary/aromatic N) is 1. The zero-order valence-corrected chi connectivity index (χ0v) is 12.5. The molecule has 0 amide bonds. The van der Waals surface area contributed by atoms with Gasteiger partial charge in [0, 0.05) is 19.1 Å². The lowest BCUT2D eigenvalue weighted by Crippen LogP contribution is -2.49. The van der Waals surface area contributed by atoms with Crippen LogP contribution in [0.2, 0.25) is 0 Å². The number of aliphatic hydroxyl groups excluding tert-OH is 1. The smallest absolute Gasteiger partial charge is 0.0919 e. The fourth-order valence-electron chi connectivity index (χ4n) is 3.75. The Labute approximate surface area is 121 Å². The first kappa shape index (κ1) is 14.1. The van der Waals surface area contributed by atoms with Crippen LogP contribution in [0.5, 0.6) is 0 Å². The van der Waals surface area contributed by atoms with Crippen molar-refractivity contribution in [1.29, 1.82) is 0 Å². The van der Waals surface area contributed by atoms with E-state index in [1.165, 1.54) is 30.4 Å². The van der Waals surface area contributed by atoms with Gasteiger partial charge in [-0.2, -0.15) is 0 Å². The minimum atomic E-state index is -0.394. The van der Waals surface area contributed by atoms with Gasteiger partial charge < -0.3 is 9.84 Å². The second-order valence-corrected chi connectivity index (χ2v) is 6.28. The van der Waals surface area contributed by atoms with E-state index in [1.54, 1.807) is 0 Å². The zero-order chi connectivity index (χ0) is 14.1. The standard InChI is InChI=1S/C17H25NO2/c1-12-6-7-14(13(2)10-12)16(19)11-18-8-9-20-17-5-3-4-15(17)18/h6-7,10,15-17,19H,3-5,8-9,11H2,1-2H3. The SMILES string of the molecule is Cc1ccc(C(O)CN2CCOC3CCCC32)c(C)c1. The molecule has 110 valence electrons. The summed E-state index contributed by atoms with van der Waals surface area (Å²) in [5.41, 5.74) is 3.51. The highest BCUT2D eigenvalue weighted by molar-refractivity contribution is 5.32. The van der Waals surface area contributed by atoms with E-state index >= 15 is 0 Å². The average molecular weight is 275 g/mol. The van der Waals surface area contributed by atoms with Crippen LogP contribution in [0.4, 0.5) is 0 Å². The van der Waals surface area contributed by atoms with E-state index in [-0.39, 0.29) is 0 Å². The first-order valence-electron chi connectivity index (χ1n) is 7.76. The predicted molar refractivity (Wildman–Crippen MR) is 79.8 cm³/mol. The minimum Gasteiger partial charge on any atom is -0.387 e. The number of benzene rings is 1. The van der Waals surface area contributed by atoms with Gasteiger partial charge in [0.05, 0.1) is 18.8 Å². The van der Waals surface area contributed by atoms with Crippen molar-refractivity contribution in [2.75, 3.05) is 19.7 Å². The second-order valence-electron chi connectivity index (χ2n) is 6.28. The van der Waals surface area contributed by atoms with Crippen molar-refractivity contribution in [2.24, 2.45) is 0 Å². The van der Waals surface area contributed by atoms with Gasteiger partial charge in [-0.15, -0.1) is 0 Å². The Bertz CT molecular complexity index is 474. The van der Waals surface area contributed by atoms with Crippen molar-refractivity contribution in [3.63, 3.8) is 0 Å². The maximum Gasteiger partial charge on any atom is 0.0919 e. The molecule has 1 heterocycles. The molecule has 1 aliphatic carbocycles. The first-order chi connectivity index (χ1) is 9.65. The summed E-state index contributed by atoms with van der Waals surface area (Å²) >= 11 is 0. The Hall–Kier alpha value is -0.900. The molecule has 2 aliphatic rings. The maximum absolute atomic E-state index is 10.6. The lowest BCUT2D eigenvalue weighted by molar-refractivity contribution is -0.0675. The summed E-state index contributed by atoms with van der Waals surface area (Å²) in [6.07, 6.45) is 3.65. The highest BCUT2D eigenvalue weighted by Gasteiger charge is 2.36. The summed E-state index contributed by atoms with van der Waals surface area (Å²) in [5.74, 6) is 0. The first-order valence-corrected chi connectivity index (χ1v) is 7.76. The number of rotatable bonds is 3. The van der Waals surface area contributed by atoms with Crippen molar-refractivity contribution in [1.82, 2.24) is 4.90 Å². The molecular weight excluding hydrogens is 250 g/mol. The molecule has 3 heteroatoms. The lowest BCUT2D eigenvalue weighted by atomic mass is 10.00. The van der Waals surface area contributed by atoms with Crippen molar-refractivity contribution in [3.8, 4) is 0 Å². The van der Waals surface area contributed by atoms with Gasteiger partial charge in [-0.05, 0) is 44.2 Å². The number of aliphatic hydroxyl groups is 1. The summed E-state index contributed by atoms with van der Waals surface area (Å²) in [7, 11) is 0. The van der Waals surface area contributed by atoms with Gasteiger partial charge in [-0.25, -0.2) is 0 Å². The van der Waals surface area contributed by atoms with Gasteiger partial charge >= 0.3 is 0 Å². The molecule has 1 aromatic rings. The lowest BCUT2D eigenvalue weighted by Gasteiger charge is -2.38. The third kappa shape index (κ3) is 2.76. The Morgan fingerprint density at radius 1 is 1.35 bits per heavy atom. The van der Waals surface area contributed by atoms with Crippen molar-refractivity contribution in [3.05, 3.63) is 34.9 Å². The number of β-amino-alcohol motifs (C(OH)–C–C–N with tert-alkyl or cyclic N) is 1. The van der Waals surface area contributed by atoms with Crippen LogP contribution in [0.15, 0.2) is 18.2 Å². The van der Waals surface area contributed by atoms with E-state index in [0.717, 1.165) is 25.3 Å². The highest BCUT2D eigenvalue weighted by atomic mass is 16.5. The Balaban J connectivity index is 1.70. The summed E-state index contributed by atoms with van der Waals surface area (Å²) in [6, 6.07) is 6.82. The van der Waals surface area contributed by atoms with E-state index in [0.29, 0.717) is 12.1 Å². The van der Waals surface area contributed by atoms with E-state index in [9.17, 15) is 5.11 Å². The molecule has 3 rings (SSSR count). The molecule has 1 saturated heterocycles. The molecule has 20 heavy (non-hydrogen) atoms. The summed E-state index contributed by atoms with van der Waals surface area (Å²) in [6.45, 7) is 6.66. The third-order valence-electron chi connectivity index (χ3n) is 4.79. The number of fused-ring (bicyclic) bond motifs is 1. The van der Waals surface area contributed by atoms with Crippen LogP contribution in [0, 0.1) is 13.8 Å². The Morgan fingerprint density at radius 2 is 2.20 bits per heavy atom. The quantitative estimate of drug-likeness (QED) is 0.920. The fourth-order valence-corrected chi connectivity index (χ4v) is 3.75. The predicted octanol–water partition coefficient (Wildman–Crippen LogP) is 2.59. The molecule has 3 atom stereocenters. The average Bonchev–Trinajstić information content (AvgIpc) is 2.87. The van der Waals surface area contributed by atoms with Crippen LogP contribution in [-0.2, 0) is 4.74 Å². The van der Waals surface area contributed by atoms with Crippen LogP contribution < -0.4 is 0 Å². The topological polar surface area (TPSA) is 32.7 Å². The highest BCUT2D eigenvalue weighted by Crippen LogP contribution is 2.31. The molecule has 1 saturated carbocycles. The Morgan fingerprint density at radius 3 is 3.00 bits per heavy atom. The molecule has 0 spiro atoms. The number of aryl methyl sites for hydroxylation is 2. The number of hydrogen-bond donors (Lipinski definition) is 1. The van der Waals surface area contributed by atoms with Crippen molar-refractivity contribution < 1.29 is 9.84 Å². The monoisotopic (exact) mass is 275 g/mol. The summed E-state index contributed by atoms with van der Waals surface area (Å²) < 4.78 is 5.84. The molecule has 3 nitrogen and oxygen atoms in total. The zero-order valence-electron chi connectivity index (χ0n) is 12.5. The van der Waals surface area contributed by atoms with Gasteiger partial charge in [0.25, 0.3) is 0 Å².